The zero-order valence-corrected chi connectivity index (χ0v) is 81.2. The number of benzene rings is 16. The van der Waals surface area contributed by atoms with Gasteiger partial charge in [-0.25, -0.2) is 19.2 Å². The fraction of sp³-hybridized carbons (Fsp3) is 0.0794. The molecule has 714 valence electrons. The molecule has 0 radical (unpaired) electrons. The van der Waals surface area contributed by atoms with E-state index in [0.717, 1.165) is 110 Å². The second kappa shape index (κ2) is 49.4. The Kier molecular flexibility index (Phi) is 34.2. The smallest absolute Gasteiger partial charge is 0.343 e. The van der Waals surface area contributed by atoms with Crippen LogP contribution in [0.25, 0.3) is 48.6 Å². The molecule has 144 heavy (non-hydrogen) atoms. The fourth-order valence-electron chi connectivity index (χ4n) is 15.2. The summed E-state index contributed by atoms with van der Waals surface area (Å²) in [5.74, 6) is 1.60. The Bertz CT molecular complexity index is 6070. The summed E-state index contributed by atoms with van der Waals surface area (Å²) in [5.41, 5.74) is 15.7. The van der Waals surface area contributed by atoms with E-state index in [4.69, 9.17) is 56.8 Å². The van der Waals surface area contributed by atoms with Crippen LogP contribution in [0, 0.1) is 0 Å². The highest BCUT2D eigenvalue weighted by atomic mass is 31.1. The summed E-state index contributed by atoms with van der Waals surface area (Å²) in [5, 5.41) is 3.67. The molecule has 0 aliphatic carbocycles. The maximum Gasteiger partial charge on any atom is 0.343 e. The van der Waals surface area contributed by atoms with Gasteiger partial charge in [-0.15, -0.1) is 0 Å². The van der Waals surface area contributed by atoms with E-state index >= 15 is 0 Å². The van der Waals surface area contributed by atoms with E-state index in [1.54, 1.807) is 170 Å². The van der Waals surface area contributed by atoms with E-state index in [2.05, 4.69) is 52.6 Å². The van der Waals surface area contributed by atoms with Crippen LogP contribution in [0.5, 0.6) is 69.0 Å². The van der Waals surface area contributed by atoms with Gasteiger partial charge in [0.25, 0.3) is 0 Å². The van der Waals surface area contributed by atoms with E-state index in [9.17, 15) is 19.2 Å². The summed E-state index contributed by atoms with van der Waals surface area (Å²) >= 11 is 0. The topological polar surface area (TPSA) is 179 Å². The Labute approximate surface area is 842 Å². The van der Waals surface area contributed by atoms with E-state index < -0.39 is 39.7 Å². The largest absolute Gasteiger partial charge is 0.489 e. The minimum absolute atomic E-state index is 0.191. The molecule has 0 unspecified atom stereocenters. The Morgan fingerprint density at radius 2 is 0.306 bits per heavy atom. The normalized spacial score (nSPS) is 10.8. The van der Waals surface area contributed by atoms with Crippen molar-refractivity contribution in [3.8, 4) is 69.0 Å². The van der Waals surface area contributed by atoms with Crippen LogP contribution < -0.4 is 78.1 Å². The molecule has 16 aromatic rings. The second-order valence-electron chi connectivity index (χ2n) is 33.5. The predicted molar refractivity (Wildman–Crippen MR) is 580 cm³/mol. The molecule has 0 amide bonds. The van der Waals surface area contributed by atoms with Gasteiger partial charge in [-0.3, -0.25) is 0 Å². The highest BCUT2D eigenvalue weighted by Gasteiger charge is 2.26. The first-order valence-electron chi connectivity index (χ1n) is 46.6. The first-order chi connectivity index (χ1) is 70.4. The number of ether oxygens (including phenoxy) is 12. The molecule has 16 aromatic carbocycles. The van der Waals surface area contributed by atoms with Gasteiger partial charge in [0.1, 0.15) is 122 Å². The van der Waals surface area contributed by atoms with Gasteiger partial charge in [0, 0.05) is 24.3 Å². The quantitative estimate of drug-likeness (QED) is 0.0200. The molecule has 16 nitrogen and oxygen atoms in total. The summed E-state index contributed by atoms with van der Waals surface area (Å²) in [6, 6.07) is 113. The van der Waals surface area contributed by atoms with Crippen LogP contribution >= 0.6 is 15.8 Å². The molecule has 0 bridgehead atoms. The van der Waals surface area contributed by atoms with E-state index in [0.29, 0.717) is 58.3 Å². The zero-order valence-electron chi connectivity index (χ0n) is 79.4. The maximum atomic E-state index is 14.7. The predicted octanol–water partition coefficient (Wildman–Crippen LogP) is 27.9. The Morgan fingerprint density at radius 3 is 0.431 bits per heavy atom. The molecule has 0 aliphatic rings. The summed E-state index contributed by atoms with van der Waals surface area (Å²) in [7, 11) is -2.72. The number of hydrogen-bond acceptors (Lipinski definition) is 16. The van der Waals surface area contributed by atoms with Crippen LogP contribution in [0.15, 0.2) is 417 Å². The molecule has 0 atom stereocenters. The molecule has 0 aromatic heterocycles. The summed E-state index contributed by atoms with van der Waals surface area (Å²) in [6.07, 6.45) is 15.3. The fourth-order valence-corrected chi connectivity index (χ4v) is 20.5. The van der Waals surface area contributed by atoms with Crippen LogP contribution in [-0.2, 0) is 52.9 Å². The van der Waals surface area contributed by atoms with Crippen LogP contribution in [-0.4, -0.2) is 36.2 Å². The first kappa shape index (κ1) is 99.6. The van der Waals surface area contributed by atoms with Gasteiger partial charge >= 0.3 is 23.9 Å². The second-order valence-corrected chi connectivity index (χ2v) is 38.2. The highest BCUT2D eigenvalue weighted by molar-refractivity contribution is 7.76. The van der Waals surface area contributed by atoms with Crippen molar-refractivity contribution in [2.24, 2.45) is 0 Å². The molecule has 0 saturated heterocycles. The van der Waals surface area contributed by atoms with Crippen LogP contribution in [0.2, 0.25) is 0 Å². The van der Waals surface area contributed by atoms with Gasteiger partial charge in [0.05, 0.1) is 22.3 Å². The van der Waals surface area contributed by atoms with E-state index in [1.165, 1.54) is 0 Å². The molecule has 0 fully saturated rings. The van der Waals surface area contributed by atoms with Gasteiger partial charge in [-0.05, 0) is 235 Å². The molecular formula is C126H104O16P2. The third-order valence-electron chi connectivity index (χ3n) is 23.4. The van der Waals surface area contributed by atoms with Gasteiger partial charge in [-0.2, -0.15) is 0 Å². The van der Waals surface area contributed by atoms with E-state index in [1.807, 2.05) is 243 Å². The van der Waals surface area contributed by atoms with Gasteiger partial charge in [0.15, 0.2) is 0 Å². The highest BCUT2D eigenvalue weighted by Crippen LogP contribution is 2.44. The van der Waals surface area contributed by atoms with Crippen molar-refractivity contribution in [3.63, 3.8) is 0 Å². The summed E-state index contributed by atoms with van der Waals surface area (Å²) in [4.78, 5) is 58.8. The SMILES string of the molecule is C=Cc1ccc(COc2cc(OCc3ccc(C=C)cc3)cc(C(=O)Oc3ccc(P(CCP(c4ccc(OC(=O)c5cc(OCc6ccc(C=C)cc6)cc(OCc6ccc(C=C)cc6)c5)cc4)c4ccc(OC(=O)c5cc(OCc6ccc(C=C)cc6)cc(OCc6ccc(C=C)cc6)c5)cc4)c4ccc(OC(=O)c5cc(OCc6ccc(C=C)cc6)cc(OCc6ccc(C=C)cc6)c5)cc4)cc3)c2)cc1. The third kappa shape index (κ3) is 28.2. The van der Waals surface area contributed by atoms with Crippen molar-refractivity contribution >= 4 is 110 Å². The average Bonchev–Trinajstić information content (AvgIpc) is 0.794. The van der Waals surface area contributed by atoms with Crippen molar-refractivity contribution < 1.29 is 76.0 Å². The van der Waals surface area contributed by atoms with Crippen molar-refractivity contribution in [2.75, 3.05) is 12.3 Å². The van der Waals surface area contributed by atoms with E-state index in [-0.39, 0.29) is 98.1 Å². The monoisotopic (exact) mass is 1930 g/mol. The molecule has 0 saturated carbocycles. The number of carbonyl (C=O) groups is 4. The Hall–Kier alpha value is -17.4. The molecule has 16 rings (SSSR count). The lowest BCUT2D eigenvalue weighted by Crippen LogP contribution is -2.20. The van der Waals surface area contributed by atoms with Crippen LogP contribution in [0.4, 0.5) is 0 Å². The Morgan fingerprint density at radius 1 is 0.174 bits per heavy atom. The Balaban J connectivity index is 0.719. The van der Waals surface area contributed by atoms with Crippen LogP contribution in [0.3, 0.4) is 0 Å². The minimum atomic E-state index is -1.36. The number of carbonyl (C=O) groups excluding carboxylic acids is 4. The molecule has 0 heterocycles. The van der Waals surface area contributed by atoms with Crippen molar-refractivity contribution in [2.45, 2.75) is 52.9 Å². The molecular weight excluding hydrogens is 1830 g/mol. The van der Waals surface area contributed by atoms with Crippen molar-refractivity contribution in [3.05, 3.63) is 528 Å². The van der Waals surface area contributed by atoms with Crippen molar-refractivity contribution in [1.82, 2.24) is 0 Å². The van der Waals surface area contributed by atoms with Gasteiger partial charge in [-0.1, -0.05) is 344 Å². The molecule has 0 N–H and O–H groups in total. The maximum absolute atomic E-state index is 14.7. The lowest BCUT2D eigenvalue weighted by atomic mass is 10.1. The number of esters is 4. The van der Waals surface area contributed by atoms with Gasteiger partial charge in [0.2, 0.25) is 0 Å². The summed E-state index contributed by atoms with van der Waals surface area (Å²) < 4.78 is 76.0. The standard InChI is InChI=1S/C126H104O16P2/c1-9-87-17-33-95(34-18-87)79-131-111-67-103(68-112(75-111)132-80-96-35-19-88(10-2)20-36-96)123(127)139-107-49-57-119(58-50-107)143(120-59-51-108(52-60-120)140-124(128)104-69-113(133-81-97-37-21-89(11-3)22-38-97)76-114(70-104)134-82-98-39-23-90(12-4)24-40-98)65-66-144(121-61-53-109(54-62-121)141-125(129)105-71-115(135-83-99-41-25-91(13-5)26-42-99)77-116(72-105)136-84-100-43-27-92(14-6)28-44-100)122-63-55-110(56-64-122)142-126(130)106-73-117(137-85-101-45-29-93(15-7)30-46-101)78-118(74-106)138-86-102-47-31-94(16-8)32-48-102/h9-64,67-78H,1-8,65-66,79-86H2. The minimum Gasteiger partial charge on any atom is -0.489 e. The van der Waals surface area contributed by atoms with Gasteiger partial charge < -0.3 is 56.8 Å². The molecule has 18 heteroatoms. The van der Waals surface area contributed by atoms with Crippen LogP contribution in [0.1, 0.15) is 130 Å². The average molecular weight is 1940 g/mol. The number of hydrogen-bond donors (Lipinski definition) is 0. The van der Waals surface area contributed by atoms with Crippen molar-refractivity contribution in [1.29, 1.82) is 0 Å². The zero-order chi connectivity index (χ0) is 99.9. The first-order valence-corrected chi connectivity index (χ1v) is 49.7. The lowest BCUT2D eigenvalue weighted by Gasteiger charge is -2.24. The lowest BCUT2D eigenvalue weighted by molar-refractivity contribution is 0.0724. The summed E-state index contributed by atoms with van der Waals surface area (Å²) in [6.45, 7) is 32.8. The third-order valence-corrected chi connectivity index (χ3v) is 28.8. The molecule has 0 aliphatic heterocycles. The number of rotatable bonds is 47. The molecule has 0 spiro atoms.